The highest BCUT2D eigenvalue weighted by atomic mass is 35.5. The molecule has 2 rings (SSSR count). The van der Waals surface area contributed by atoms with E-state index in [2.05, 4.69) is 4.90 Å². The van der Waals surface area contributed by atoms with Crippen molar-refractivity contribution in [1.29, 1.82) is 0 Å². The van der Waals surface area contributed by atoms with E-state index in [0.717, 1.165) is 18.0 Å². The molecule has 0 radical (unpaired) electrons. The first kappa shape index (κ1) is 11.4. The molecule has 86 valence electrons. The van der Waals surface area contributed by atoms with Crippen molar-refractivity contribution in [2.75, 3.05) is 19.6 Å². The highest BCUT2D eigenvalue weighted by Crippen LogP contribution is 2.17. The number of hydrogen-bond acceptors (Lipinski definition) is 2. The number of halogens is 1. The van der Waals surface area contributed by atoms with Gasteiger partial charge >= 0.3 is 5.97 Å². The molecule has 0 spiro atoms. The van der Waals surface area contributed by atoms with Crippen molar-refractivity contribution in [2.24, 2.45) is 5.92 Å². The Hall–Kier alpha value is -1.06. The minimum atomic E-state index is -0.681. The summed E-state index contributed by atoms with van der Waals surface area (Å²) in [4.78, 5) is 12.8. The second kappa shape index (κ2) is 4.85. The van der Waals surface area contributed by atoms with Crippen molar-refractivity contribution in [3.63, 3.8) is 0 Å². The number of carboxylic acids is 1. The summed E-state index contributed by atoms with van der Waals surface area (Å²) in [5.41, 5.74) is 1.20. The van der Waals surface area contributed by atoms with Crippen LogP contribution in [0.5, 0.6) is 0 Å². The lowest BCUT2D eigenvalue weighted by atomic mass is 10.00. The molecule has 1 saturated heterocycles. The fraction of sp³-hybridized carbons (Fsp3) is 0.417. The highest BCUT2D eigenvalue weighted by Gasteiger charge is 2.31. The van der Waals surface area contributed by atoms with Crippen LogP contribution in [0, 0.1) is 5.92 Å². The predicted octanol–water partition coefficient (Wildman–Crippen LogP) is 1.90. The topological polar surface area (TPSA) is 40.5 Å². The number of benzene rings is 1. The molecule has 0 bridgehead atoms. The molecule has 0 aromatic heterocycles. The van der Waals surface area contributed by atoms with Crippen LogP contribution in [-0.2, 0) is 11.2 Å². The lowest BCUT2D eigenvalue weighted by Crippen LogP contribution is -2.50. The van der Waals surface area contributed by atoms with Gasteiger partial charge in [-0.05, 0) is 24.1 Å². The zero-order valence-corrected chi connectivity index (χ0v) is 9.65. The third kappa shape index (κ3) is 2.74. The van der Waals surface area contributed by atoms with E-state index >= 15 is 0 Å². The Balaban J connectivity index is 1.75. The summed E-state index contributed by atoms with van der Waals surface area (Å²) in [7, 11) is 0. The van der Waals surface area contributed by atoms with Crippen molar-refractivity contribution in [3.05, 3.63) is 34.9 Å². The molecule has 1 aromatic rings. The zero-order chi connectivity index (χ0) is 11.5. The normalized spacial score (nSPS) is 17.1. The van der Waals surface area contributed by atoms with Crippen molar-refractivity contribution in [3.8, 4) is 0 Å². The van der Waals surface area contributed by atoms with Crippen molar-refractivity contribution >= 4 is 17.6 Å². The van der Waals surface area contributed by atoms with Gasteiger partial charge in [0, 0.05) is 24.7 Å². The Bertz CT molecular complexity index is 388. The average Bonchev–Trinajstić information content (AvgIpc) is 2.14. The molecule has 0 atom stereocenters. The first-order chi connectivity index (χ1) is 7.65. The van der Waals surface area contributed by atoms with Gasteiger partial charge in [0.15, 0.2) is 0 Å². The van der Waals surface area contributed by atoms with Gasteiger partial charge in [-0.15, -0.1) is 0 Å². The number of carbonyl (C=O) groups is 1. The molecule has 0 saturated carbocycles. The van der Waals surface area contributed by atoms with Crippen LogP contribution < -0.4 is 0 Å². The number of nitrogens with zero attached hydrogens (tertiary/aromatic N) is 1. The molecule has 16 heavy (non-hydrogen) atoms. The first-order valence-corrected chi connectivity index (χ1v) is 5.72. The van der Waals surface area contributed by atoms with Gasteiger partial charge in [-0.25, -0.2) is 0 Å². The Morgan fingerprint density at radius 2 is 2.25 bits per heavy atom. The standard InChI is InChI=1S/C12H14ClNO2/c13-11-3-1-2-9(6-11)4-5-14-7-10(8-14)12(15)16/h1-3,6,10H,4-5,7-8H2,(H,15,16). The molecule has 4 heteroatoms. The summed E-state index contributed by atoms with van der Waals surface area (Å²) in [6, 6.07) is 7.79. The van der Waals surface area contributed by atoms with E-state index in [1.807, 2.05) is 24.3 Å². The molecule has 0 aliphatic carbocycles. The highest BCUT2D eigenvalue weighted by molar-refractivity contribution is 6.30. The minimum absolute atomic E-state index is 0.167. The van der Waals surface area contributed by atoms with Crippen molar-refractivity contribution in [1.82, 2.24) is 4.90 Å². The molecule has 0 unspecified atom stereocenters. The van der Waals surface area contributed by atoms with Gasteiger partial charge in [0.2, 0.25) is 0 Å². The Kier molecular flexibility index (Phi) is 3.46. The van der Waals surface area contributed by atoms with Crippen LogP contribution in [0.15, 0.2) is 24.3 Å². The van der Waals surface area contributed by atoms with E-state index in [0.29, 0.717) is 13.1 Å². The summed E-state index contributed by atoms with van der Waals surface area (Å²) >= 11 is 5.88. The number of rotatable bonds is 4. The Morgan fingerprint density at radius 3 is 2.88 bits per heavy atom. The van der Waals surface area contributed by atoms with Crippen LogP contribution in [0.4, 0.5) is 0 Å². The van der Waals surface area contributed by atoms with E-state index in [-0.39, 0.29) is 5.92 Å². The van der Waals surface area contributed by atoms with E-state index < -0.39 is 5.97 Å². The fourth-order valence-electron chi connectivity index (χ4n) is 1.89. The van der Waals surface area contributed by atoms with Gasteiger partial charge in [-0.2, -0.15) is 0 Å². The SMILES string of the molecule is O=C(O)C1CN(CCc2cccc(Cl)c2)C1. The summed E-state index contributed by atoms with van der Waals surface area (Å²) < 4.78 is 0. The molecule has 3 nitrogen and oxygen atoms in total. The Labute approximate surface area is 99.6 Å². The van der Waals surface area contributed by atoms with E-state index in [1.165, 1.54) is 5.56 Å². The minimum Gasteiger partial charge on any atom is -0.481 e. The monoisotopic (exact) mass is 239 g/mol. The summed E-state index contributed by atoms with van der Waals surface area (Å²) in [5.74, 6) is -0.849. The van der Waals surface area contributed by atoms with Crippen molar-refractivity contribution in [2.45, 2.75) is 6.42 Å². The van der Waals surface area contributed by atoms with E-state index in [4.69, 9.17) is 16.7 Å². The third-order valence-electron chi connectivity index (χ3n) is 2.91. The number of aliphatic carboxylic acids is 1. The molecular weight excluding hydrogens is 226 g/mol. The maximum Gasteiger partial charge on any atom is 0.309 e. The lowest BCUT2D eigenvalue weighted by molar-refractivity contribution is -0.147. The molecule has 1 aliphatic rings. The maximum atomic E-state index is 10.6. The smallest absolute Gasteiger partial charge is 0.309 e. The van der Waals surface area contributed by atoms with Gasteiger partial charge in [0.25, 0.3) is 0 Å². The largest absolute Gasteiger partial charge is 0.481 e. The van der Waals surface area contributed by atoms with Gasteiger partial charge < -0.3 is 10.0 Å². The summed E-state index contributed by atoms with van der Waals surface area (Å²) in [5, 5.41) is 9.48. The van der Waals surface area contributed by atoms with E-state index in [1.54, 1.807) is 0 Å². The third-order valence-corrected chi connectivity index (χ3v) is 3.15. The summed E-state index contributed by atoms with van der Waals surface area (Å²) in [6.45, 7) is 2.26. The van der Waals surface area contributed by atoms with E-state index in [9.17, 15) is 4.79 Å². The molecule has 1 aliphatic heterocycles. The lowest BCUT2D eigenvalue weighted by Gasteiger charge is -2.36. The first-order valence-electron chi connectivity index (χ1n) is 5.35. The van der Waals surface area contributed by atoms with Crippen molar-refractivity contribution < 1.29 is 9.90 Å². The van der Waals surface area contributed by atoms with Gasteiger partial charge in [-0.3, -0.25) is 4.79 Å². The van der Waals surface area contributed by atoms with Crippen LogP contribution in [0.2, 0.25) is 5.02 Å². The molecule has 1 aromatic carbocycles. The van der Waals surface area contributed by atoms with Gasteiger partial charge in [0.1, 0.15) is 0 Å². The van der Waals surface area contributed by atoms with Crippen LogP contribution in [0.3, 0.4) is 0 Å². The maximum absolute atomic E-state index is 10.6. The molecule has 1 N–H and O–H groups in total. The molecule has 1 heterocycles. The molecule has 0 amide bonds. The zero-order valence-electron chi connectivity index (χ0n) is 8.90. The summed E-state index contributed by atoms with van der Waals surface area (Å²) in [6.07, 6.45) is 0.924. The quantitative estimate of drug-likeness (QED) is 0.873. The Morgan fingerprint density at radius 1 is 1.50 bits per heavy atom. The van der Waals surface area contributed by atoms with Gasteiger partial charge in [0.05, 0.1) is 5.92 Å². The predicted molar refractivity (Wildman–Crippen MR) is 62.7 cm³/mol. The number of carboxylic acid groups (broad SMARTS) is 1. The van der Waals surface area contributed by atoms with Crippen LogP contribution >= 0.6 is 11.6 Å². The van der Waals surface area contributed by atoms with Gasteiger partial charge in [-0.1, -0.05) is 23.7 Å². The van der Waals surface area contributed by atoms with Crippen LogP contribution in [-0.4, -0.2) is 35.6 Å². The van der Waals surface area contributed by atoms with Crippen LogP contribution in [0.25, 0.3) is 0 Å². The average molecular weight is 240 g/mol. The van der Waals surface area contributed by atoms with Crippen LogP contribution in [0.1, 0.15) is 5.56 Å². The second-order valence-electron chi connectivity index (χ2n) is 4.17. The number of hydrogen-bond donors (Lipinski definition) is 1. The molecular formula is C12H14ClNO2. The fourth-order valence-corrected chi connectivity index (χ4v) is 2.10. The second-order valence-corrected chi connectivity index (χ2v) is 4.61. The molecule has 1 fully saturated rings. The number of likely N-dealkylation sites (tertiary alicyclic amines) is 1.